The van der Waals surface area contributed by atoms with Gasteiger partial charge in [-0.25, -0.2) is 13.4 Å². The number of benzene rings is 2. The molecule has 0 aliphatic carbocycles. The first kappa shape index (κ1) is 23.5. The van der Waals surface area contributed by atoms with Crippen molar-refractivity contribution < 1.29 is 17.9 Å². The Kier molecular flexibility index (Phi) is 6.60. The maximum absolute atomic E-state index is 13.6. The van der Waals surface area contributed by atoms with Crippen LogP contribution in [0.1, 0.15) is 30.4 Å². The molecule has 172 valence electrons. The van der Waals surface area contributed by atoms with Gasteiger partial charge in [0.25, 0.3) is 0 Å². The molecule has 1 atom stereocenters. The third-order valence-electron chi connectivity index (χ3n) is 5.18. The molecule has 2 N–H and O–H groups in total. The van der Waals surface area contributed by atoms with Gasteiger partial charge in [0.05, 0.1) is 33.6 Å². The molecule has 3 aromatic rings. The number of hydrogen-bond donors (Lipinski definition) is 2. The van der Waals surface area contributed by atoms with Crippen LogP contribution in [0, 0.1) is 5.92 Å². The van der Waals surface area contributed by atoms with Crippen LogP contribution in [0.15, 0.2) is 63.3 Å². The SMILES string of the molecule is COc1ccc2c(c1Br)NC(c1csc(NC(=O)C(C)C)n1)=CC2S(=O)(=O)c1ccccc1. The van der Waals surface area contributed by atoms with E-state index >= 15 is 0 Å². The first-order valence-corrected chi connectivity index (χ1v) is 13.3. The maximum atomic E-state index is 13.6. The molecule has 0 saturated carbocycles. The summed E-state index contributed by atoms with van der Waals surface area (Å²) in [5.41, 5.74) is 2.26. The second-order valence-electron chi connectivity index (χ2n) is 7.71. The quantitative estimate of drug-likeness (QED) is 0.423. The molecule has 1 aromatic heterocycles. The van der Waals surface area contributed by atoms with Crippen molar-refractivity contribution in [1.82, 2.24) is 4.98 Å². The Morgan fingerprint density at radius 1 is 1.21 bits per heavy atom. The number of aromatic nitrogens is 1. The lowest BCUT2D eigenvalue weighted by molar-refractivity contribution is -0.118. The number of hydrogen-bond acceptors (Lipinski definition) is 7. The van der Waals surface area contributed by atoms with Gasteiger partial charge in [-0.05, 0) is 45.8 Å². The monoisotopic (exact) mass is 547 g/mol. The highest BCUT2D eigenvalue weighted by Crippen LogP contribution is 2.47. The number of halogens is 1. The topological polar surface area (TPSA) is 97.4 Å². The van der Waals surface area contributed by atoms with E-state index in [1.807, 2.05) is 0 Å². The molecular weight excluding hydrogens is 526 g/mol. The van der Waals surface area contributed by atoms with Crippen LogP contribution >= 0.6 is 27.3 Å². The first-order valence-electron chi connectivity index (χ1n) is 10.1. The molecule has 1 aliphatic rings. The zero-order valence-electron chi connectivity index (χ0n) is 18.1. The molecule has 33 heavy (non-hydrogen) atoms. The molecule has 2 heterocycles. The van der Waals surface area contributed by atoms with Crippen LogP contribution in [0.5, 0.6) is 5.75 Å². The third-order valence-corrected chi connectivity index (χ3v) is 8.72. The van der Waals surface area contributed by atoms with Crippen molar-refractivity contribution in [3.8, 4) is 5.75 Å². The Balaban J connectivity index is 1.81. The summed E-state index contributed by atoms with van der Waals surface area (Å²) in [5.74, 6) is 0.255. The Bertz CT molecular complexity index is 1330. The van der Waals surface area contributed by atoms with Crippen LogP contribution in [0.4, 0.5) is 10.8 Å². The summed E-state index contributed by atoms with van der Waals surface area (Å²) in [7, 11) is -2.20. The Morgan fingerprint density at radius 2 is 1.94 bits per heavy atom. The Hall–Kier alpha value is -2.69. The number of nitrogens with one attached hydrogen (secondary N) is 2. The highest BCUT2D eigenvalue weighted by molar-refractivity contribution is 9.10. The largest absolute Gasteiger partial charge is 0.495 e. The number of rotatable bonds is 6. The van der Waals surface area contributed by atoms with Gasteiger partial charge in [-0.1, -0.05) is 38.1 Å². The maximum Gasteiger partial charge on any atom is 0.228 e. The number of anilines is 2. The second-order valence-corrected chi connectivity index (χ2v) is 11.4. The number of amides is 1. The van der Waals surface area contributed by atoms with Crippen molar-refractivity contribution in [2.24, 2.45) is 5.92 Å². The molecule has 0 radical (unpaired) electrons. The lowest BCUT2D eigenvalue weighted by Gasteiger charge is -2.27. The fraction of sp³-hybridized carbons (Fsp3) is 0.217. The smallest absolute Gasteiger partial charge is 0.228 e. The minimum Gasteiger partial charge on any atom is -0.495 e. The van der Waals surface area contributed by atoms with Gasteiger partial charge in [-0.2, -0.15) is 0 Å². The third kappa shape index (κ3) is 4.55. The molecular formula is C23H22BrN3O4S2. The van der Waals surface area contributed by atoms with Crippen LogP contribution in [0.25, 0.3) is 5.70 Å². The molecule has 0 fully saturated rings. The standard InChI is InChI=1S/C23H22BrN3O4S2/c1-13(2)22(28)27-23-26-17(12-32-23)16-11-19(33(29,30)14-7-5-4-6-8-14)15-9-10-18(31-3)20(24)21(15)25-16/h4-13,19,25H,1-3H3,(H,26,27,28). The predicted octanol–water partition coefficient (Wildman–Crippen LogP) is 5.49. The number of sulfone groups is 1. The number of nitrogens with zero attached hydrogens (tertiary/aromatic N) is 1. The van der Waals surface area contributed by atoms with Gasteiger partial charge < -0.3 is 15.4 Å². The Morgan fingerprint density at radius 3 is 2.61 bits per heavy atom. The molecule has 0 bridgehead atoms. The fourth-order valence-corrected chi connectivity index (χ4v) is 6.39. The molecule has 2 aromatic carbocycles. The summed E-state index contributed by atoms with van der Waals surface area (Å²) < 4.78 is 33.3. The number of carbonyl (C=O) groups is 1. The number of methoxy groups -OCH3 is 1. The van der Waals surface area contributed by atoms with Crippen molar-refractivity contribution >= 4 is 59.5 Å². The zero-order chi connectivity index (χ0) is 23.8. The van der Waals surface area contributed by atoms with Gasteiger partial charge in [0, 0.05) is 11.3 Å². The average molecular weight is 548 g/mol. The summed E-state index contributed by atoms with van der Waals surface area (Å²) in [6.45, 7) is 3.60. The minimum atomic E-state index is -3.75. The lowest BCUT2D eigenvalue weighted by atomic mass is 10.0. The van der Waals surface area contributed by atoms with Crippen LogP contribution in [0.2, 0.25) is 0 Å². The molecule has 7 nitrogen and oxygen atoms in total. The van der Waals surface area contributed by atoms with Gasteiger partial charge in [-0.3, -0.25) is 4.79 Å². The fourth-order valence-electron chi connectivity index (χ4n) is 3.38. The minimum absolute atomic E-state index is 0.135. The molecule has 10 heteroatoms. The average Bonchev–Trinajstić information content (AvgIpc) is 3.27. The highest BCUT2D eigenvalue weighted by Gasteiger charge is 2.34. The van der Waals surface area contributed by atoms with E-state index in [1.165, 1.54) is 11.3 Å². The molecule has 1 unspecified atom stereocenters. The summed E-state index contributed by atoms with van der Waals surface area (Å²) in [6, 6.07) is 11.8. The van der Waals surface area contributed by atoms with Crippen molar-refractivity contribution in [3.63, 3.8) is 0 Å². The van der Waals surface area contributed by atoms with Crippen LogP contribution in [0.3, 0.4) is 0 Å². The highest BCUT2D eigenvalue weighted by atomic mass is 79.9. The van der Waals surface area contributed by atoms with Gasteiger partial charge in [0.15, 0.2) is 15.0 Å². The number of carbonyl (C=O) groups excluding carboxylic acids is 1. The summed E-state index contributed by atoms with van der Waals surface area (Å²) in [5, 5.41) is 7.37. The second kappa shape index (κ2) is 9.28. The number of fused-ring (bicyclic) bond motifs is 1. The van der Waals surface area contributed by atoms with Gasteiger partial charge >= 0.3 is 0 Å². The van der Waals surface area contributed by atoms with Gasteiger partial charge in [-0.15, -0.1) is 11.3 Å². The lowest BCUT2D eigenvalue weighted by Crippen LogP contribution is -2.20. The molecule has 0 saturated heterocycles. The number of ether oxygens (including phenoxy) is 1. The van der Waals surface area contributed by atoms with E-state index in [0.717, 1.165) is 0 Å². The van der Waals surface area contributed by atoms with Gasteiger partial charge in [0.1, 0.15) is 11.0 Å². The normalized spacial score (nSPS) is 15.4. The summed E-state index contributed by atoms with van der Waals surface area (Å²) >= 11 is 4.82. The molecule has 1 amide bonds. The van der Waals surface area contributed by atoms with Crippen molar-refractivity contribution in [2.45, 2.75) is 24.0 Å². The zero-order valence-corrected chi connectivity index (χ0v) is 21.3. The van der Waals surface area contributed by atoms with Crippen LogP contribution < -0.4 is 15.4 Å². The summed E-state index contributed by atoms with van der Waals surface area (Å²) in [4.78, 5) is 16.8. The van der Waals surface area contributed by atoms with Crippen LogP contribution in [-0.4, -0.2) is 26.4 Å². The van der Waals surface area contributed by atoms with E-state index in [0.29, 0.717) is 38.0 Å². The van der Waals surface area contributed by atoms with E-state index in [9.17, 15) is 13.2 Å². The van der Waals surface area contributed by atoms with E-state index in [-0.39, 0.29) is 16.7 Å². The van der Waals surface area contributed by atoms with Crippen LogP contribution in [-0.2, 0) is 14.6 Å². The Labute approximate surface area is 204 Å². The number of thiazole rings is 1. The van der Waals surface area contributed by atoms with Crippen molar-refractivity contribution in [1.29, 1.82) is 0 Å². The molecule has 4 rings (SSSR count). The molecule has 0 spiro atoms. The van der Waals surface area contributed by atoms with Crippen molar-refractivity contribution in [2.75, 3.05) is 17.7 Å². The van der Waals surface area contributed by atoms with E-state index in [2.05, 4.69) is 31.5 Å². The predicted molar refractivity (Wildman–Crippen MR) is 134 cm³/mol. The van der Waals surface area contributed by atoms with E-state index < -0.39 is 15.1 Å². The van der Waals surface area contributed by atoms with E-state index in [1.54, 1.807) is 74.9 Å². The van der Waals surface area contributed by atoms with Crippen molar-refractivity contribution in [3.05, 3.63) is 69.7 Å². The summed E-state index contributed by atoms with van der Waals surface area (Å²) in [6.07, 6.45) is 1.66. The molecule has 1 aliphatic heterocycles. The van der Waals surface area contributed by atoms with Gasteiger partial charge in [0.2, 0.25) is 5.91 Å². The first-order chi connectivity index (χ1) is 15.7. The van der Waals surface area contributed by atoms with E-state index in [4.69, 9.17) is 4.74 Å².